The van der Waals surface area contributed by atoms with Crippen LogP contribution >= 0.6 is 11.6 Å². The van der Waals surface area contributed by atoms with E-state index in [0.29, 0.717) is 5.02 Å². The SMILES string of the molecule is CC1(C)ONC(=O)C1c1ccc(Cl)cc1. The molecule has 0 bridgehead atoms. The molecule has 15 heavy (non-hydrogen) atoms. The maximum absolute atomic E-state index is 11.6. The molecule has 1 heterocycles. The van der Waals surface area contributed by atoms with Crippen molar-refractivity contribution in [2.45, 2.75) is 25.4 Å². The van der Waals surface area contributed by atoms with E-state index in [4.69, 9.17) is 16.4 Å². The number of hydrogen-bond donors (Lipinski definition) is 1. The van der Waals surface area contributed by atoms with Crippen LogP contribution in [-0.4, -0.2) is 11.5 Å². The highest BCUT2D eigenvalue weighted by atomic mass is 35.5. The summed E-state index contributed by atoms with van der Waals surface area (Å²) in [5, 5.41) is 0.663. The lowest BCUT2D eigenvalue weighted by Crippen LogP contribution is -2.27. The molecule has 1 amide bonds. The molecule has 3 nitrogen and oxygen atoms in total. The lowest BCUT2D eigenvalue weighted by atomic mass is 9.85. The van der Waals surface area contributed by atoms with E-state index >= 15 is 0 Å². The minimum atomic E-state index is -0.523. The minimum absolute atomic E-state index is 0.109. The molecule has 2 rings (SSSR count). The second-order valence-electron chi connectivity index (χ2n) is 4.16. The maximum atomic E-state index is 11.6. The summed E-state index contributed by atoms with van der Waals surface area (Å²) in [7, 11) is 0. The normalized spacial score (nSPS) is 23.9. The van der Waals surface area contributed by atoms with Crippen LogP contribution in [0.4, 0.5) is 0 Å². The third-order valence-corrected chi connectivity index (χ3v) is 2.83. The molecule has 80 valence electrons. The van der Waals surface area contributed by atoms with Crippen LogP contribution < -0.4 is 5.48 Å². The van der Waals surface area contributed by atoms with E-state index in [1.165, 1.54) is 0 Å². The predicted octanol–water partition coefficient (Wildman–Crippen LogP) is 2.26. The fourth-order valence-corrected chi connectivity index (χ4v) is 1.95. The second-order valence-corrected chi connectivity index (χ2v) is 4.59. The first-order chi connectivity index (χ1) is 7.00. The predicted molar refractivity (Wildman–Crippen MR) is 57.5 cm³/mol. The zero-order valence-electron chi connectivity index (χ0n) is 8.58. The fourth-order valence-electron chi connectivity index (χ4n) is 1.82. The molecular formula is C11H12ClNO2. The third-order valence-electron chi connectivity index (χ3n) is 2.58. The zero-order valence-corrected chi connectivity index (χ0v) is 9.34. The number of carbonyl (C=O) groups excluding carboxylic acids is 1. The molecule has 0 aliphatic carbocycles. The number of hydroxylamine groups is 1. The molecule has 1 aromatic rings. The molecule has 1 saturated heterocycles. The van der Waals surface area contributed by atoms with E-state index in [1.54, 1.807) is 12.1 Å². The van der Waals surface area contributed by atoms with Crippen molar-refractivity contribution < 1.29 is 9.63 Å². The van der Waals surface area contributed by atoms with E-state index in [2.05, 4.69) is 5.48 Å². The Bertz CT molecular complexity index is 386. The van der Waals surface area contributed by atoms with Crippen LogP contribution in [0.1, 0.15) is 25.3 Å². The number of carbonyl (C=O) groups is 1. The van der Waals surface area contributed by atoms with Crippen molar-refractivity contribution in [1.29, 1.82) is 0 Å². The summed E-state index contributed by atoms with van der Waals surface area (Å²) >= 11 is 5.79. The largest absolute Gasteiger partial charge is 0.272 e. The second kappa shape index (κ2) is 3.51. The van der Waals surface area contributed by atoms with Gasteiger partial charge in [-0.05, 0) is 31.5 Å². The van der Waals surface area contributed by atoms with Crippen LogP contribution in [0.2, 0.25) is 5.02 Å². The standard InChI is InChI=1S/C11H12ClNO2/c1-11(2)9(10(14)13-15-11)7-3-5-8(12)6-4-7/h3-6,9H,1-2H3,(H,13,14). The average Bonchev–Trinajstić information content (AvgIpc) is 2.43. The highest BCUT2D eigenvalue weighted by Crippen LogP contribution is 2.35. The van der Waals surface area contributed by atoms with Gasteiger partial charge in [-0.1, -0.05) is 23.7 Å². The quantitative estimate of drug-likeness (QED) is 0.796. The smallest absolute Gasteiger partial charge is 0.254 e. The van der Waals surface area contributed by atoms with E-state index < -0.39 is 5.60 Å². The van der Waals surface area contributed by atoms with Crippen molar-refractivity contribution >= 4 is 17.5 Å². The molecule has 1 unspecified atom stereocenters. The summed E-state index contributed by atoms with van der Waals surface area (Å²) in [4.78, 5) is 16.8. The topological polar surface area (TPSA) is 38.3 Å². The lowest BCUT2D eigenvalue weighted by molar-refractivity contribution is -0.125. The van der Waals surface area contributed by atoms with Crippen LogP contribution in [-0.2, 0) is 9.63 Å². The van der Waals surface area contributed by atoms with Crippen molar-refractivity contribution in [2.24, 2.45) is 0 Å². The molecule has 1 atom stereocenters. The number of rotatable bonds is 1. The summed E-state index contributed by atoms with van der Waals surface area (Å²) in [6.07, 6.45) is 0. The Hall–Kier alpha value is -1.06. The van der Waals surface area contributed by atoms with E-state index in [9.17, 15) is 4.79 Å². The number of hydrogen-bond acceptors (Lipinski definition) is 2. The van der Waals surface area contributed by atoms with Crippen LogP contribution in [0.15, 0.2) is 24.3 Å². The van der Waals surface area contributed by atoms with Gasteiger partial charge in [-0.3, -0.25) is 9.63 Å². The van der Waals surface area contributed by atoms with Crippen LogP contribution in [0.5, 0.6) is 0 Å². The summed E-state index contributed by atoms with van der Waals surface area (Å²) in [5.41, 5.74) is 2.79. The van der Waals surface area contributed by atoms with Gasteiger partial charge in [0.1, 0.15) is 5.60 Å². The first-order valence-electron chi connectivity index (χ1n) is 4.74. The van der Waals surface area contributed by atoms with Gasteiger partial charge in [0.15, 0.2) is 0 Å². The van der Waals surface area contributed by atoms with E-state index in [1.807, 2.05) is 26.0 Å². The minimum Gasteiger partial charge on any atom is -0.272 e. The van der Waals surface area contributed by atoms with Crippen molar-refractivity contribution in [3.8, 4) is 0 Å². The van der Waals surface area contributed by atoms with Gasteiger partial charge < -0.3 is 0 Å². The summed E-state index contributed by atoms with van der Waals surface area (Å²) < 4.78 is 0. The zero-order chi connectivity index (χ0) is 11.1. The van der Waals surface area contributed by atoms with Crippen molar-refractivity contribution in [1.82, 2.24) is 5.48 Å². The number of benzene rings is 1. The Kier molecular flexibility index (Phi) is 2.44. The van der Waals surface area contributed by atoms with Crippen molar-refractivity contribution in [3.05, 3.63) is 34.9 Å². The number of halogens is 1. The molecule has 1 aliphatic rings. The van der Waals surface area contributed by atoms with Crippen LogP contribution in [0.3, 0.4) is 0 Å². The van der Waals surface area contributed by atoms with Crippen LogP contribution in [0, 0.1) is 0 Å². The Balaban J connectivity index is 2.37. The molecule has 0 radical (unpaired) electrons. The van der Waals surface area contributed by atoms with Gasteiger partial charge in [-0.2, -0.15) is 0 Å². The van der Waals surface area contributed by atoms with E-state index in [-0.39, 0.29) is 11.8 Å². The summed E-state index contributed by atoms with van der Waals surface area (Å²) in [6, 6.07) is 7.25. The third kappa shape index (κ3) is 1.85. The van der Waals surface area contributed by atoms with Gasteiger partial charge in [0.05, 0.1) is 5.92 Å². The highest BCUT2D eigenvalue weighted by Gasteiger charge is 2.44. The van der Waals surface area contributed by atoms with Crippen molar-refractivity contribution in [3.63, 3.8) is 0 Å². The summed E-state index contributed by atoms with van der Waals surface area (Å²) in [5.74, 6) is -0.392. The Morgan fingerprint density at radius 1 is 1.33 bits per heavy atom. The van der Waals surface area contributed by atoms with Crippen LogP contribution in [0.25, 0.3) is 0 Å². The van der Waals surface area contributed by atoms with Gasteiger partial charge in [0.25, 0.3) is 5.91 Å². The first kappa shape index (κ1) is 10.5. The van der Waals surface area contributed by atoms with Crippen molar-refractivity contribution in [2.75, 3.05) is 0 Å². The molecular weight excluding hydrogens is 214 g/mol. The molecule has 1 N–H and O–H groups in total. The average molecular weight is 226 g/mol. The lowest BCUT2D eigenvalue weighted by Gasteiger charge is -2.21. The highest BCUT2D eigenvalue weighted by molar-refractivity contribution is 6.30. The maximum Gasteiger partial charge on any atom is 0.254 e. The van der Waals surface area contributed by atoms with Gasteiger partial charge in [-0.25, -0.2) is 5.48 Å². The molecule has 1 aromatic carbocycles. The molecule has 1 fully saturated rings. The fraction of sp³-hybridized carbons (Fsp3) is 0.364. The molecule has 4 heteroatoms. The van der Waals surface area contributed by atoms with Gasteiger partial charge >= 0.3 is 0 Å². The Labute approximate surface area is 93.3 Å². The monoisotopic (exact) mass is 225 g/mol. The van der Waals surface area contributed by atoms with Gasteiger partial charge in [-0.15, -0.1) is 0 Å². The molecule has 1 aliphatic heterocycles. The number of amides is 1. The number of nitrogens with one attached hydrogen (secondary N) is 1. The van der Waals surface area contributed by atoms with Gasteiger partial charge in [0.2, 0.25) is 0 Å². The molecule has 0 aromatic heterocycles. The molecule has 0 spiro atoms. The van der Waals surface area contributed by atoms with E-state index in [0.717, 1.165) is 5.56 Å². The first-order valence-corrected chi connectivity index (χ1v) is 5.12. The molecule has 0 saturated carbocycles. The summed E-state index contributed by atoms with van der Waals surface area (Å²) in [6.45, 7) is 3.76. The van der Waals surface area contributed by atoms with Gasteiger partial charge in [0, 0.05) is 5.02 Å². The Morgan fingerprint density at radius 2 is 1.93 bits per heavy atom. The Morgan fingerprint density at radius 3 is 2.40 bits per heavy atom.